The smallest absolute Gasteiger partial charge is 0.159 e. The van der Waals surface area contributed by atoms with Gasteiger partial charge in [0.1, 0.15) is 5.82 Å². The van der Waals surface area contributed by atoms with Crippen LogP contribution in [0.1, 0.15) is 18.5 Å². The number of halogens is 2. The van der Waals surface area contributed by atoms with Gasteiger partial charge < -0.3 is 5.32 Å². The molecule has 1 unspecified atom stereocenters. The minimum atomic E-state index is -0.836. The third-order valence-electron chi connectivity index (χ3n) is 2.52. The average Bonchev–Trinajstić information content (AvgIpc) is 2.68. The first-order valence-electron chi connectivity index (χ1n) is 5.27. The van der Waals surface area contributed by atoms with E-state index in [1.807, 2.05) is 20.0 Å². The van der Waals surface area contributed by atoms with E-state index in [0.717, 1.165) is 6.07 Å². The fourth-order valence-electron chi connectivity index (χ4n) is 1.58. The van der Waals surface area contributed by atoms with Crippen LogP contribution in [0.15, 0.2) is 30.5 Å². The Kier molecular flexibility index (Phi) is 3.08. The van der Waals surface area contributed by atoms with Crippen molar-refractivity contribution < 1.29 is 8.78 Å². The summed E-state index contributed by atoms with van der Waals surface area (Å²) < 4.78 is 27.5. The second-order valence-electron chi connectivity index (χ2n) is 3.91. The Bertz CT molecular complexity index is 522. The Labute approximate surface area is 98.1 Å². The number of anilines is 1. The summed E-state index contributed by atoms with van der Waals surface area (Å²) >= 11 is 0. The van der Waals surface area contributed by atoms with Gasteiger partial charge in [-0.2, -0.15) is 5.10 Å². The van der Waals surface area contributed by atoms with Crippen molar-refractivity contribution in [3.8, 4) is 0 Å². The molecule has 0 aliphatic heterocycles. The number of aryl methyl sites for hydroxylation is 1. The van der Waals surface area contributed by atoms with Gasteiger partial charge in [-0.3, -0.25) is 4.68 Å². The van der Waals surface area contributed by atoms with E-state index in [4.69, 9.17) is 0 Å². The molecule has 3 nitrogen and oxygen atoms in total. The lowest BCUT2D eigenvalue weighted by Crippen LogP contribution is -2.08. The van der Waals surface area contributed by atoms with Gasteiger partial charge in [-0.1, -0.05) is 6.07 Å². The van der Waals surface area contributed by atoms with Crippen molar-refractivity contribution in [2.45, 2.75) is 13.0 Å². The molecular formula is C12H13F2N3. The van der Waals surface area contributed by atoms with Gasteiger partial charge in [-0.25, -0.2) is 8.78 Å². The lowest BCUT2D eigenvalue weighted by atomic mass is 10.1. The number of benzene rings is 1. The average molecular weight is 237 g/mol. The second kappa shape index (κ2) is 4.53. The Morgan fingerprint density at radius 2 is 2.00 bits per heavy atom. The molecule has 1 aromatic carbocycles. The summed E-state index contributed by atoms with van der Waals surface area (Å²) in [5.74, 6) is -0.972. The normalized spacial score (nSPS) is 12.5. The van der Waals surface area contributed by atoms with Crippen LogP contribution in [0.25, 0.3) is 0 Å². The van der Waals surface area contributed by atoms with Crippen molar-refractivity contribution in [2.75, 3.05) is 5.32 Å². The highest BCUT2D eigenvalue weighted by molar-refractivity contribution is 5.36. The van der Waals surface area contributed by atoms with Crippen LogP contribution in [0, 0.1) is 11.6 Å². The number of nitrogens with one attached hydrogen (secondary N) is 1. The van der Waals surface area contributed by atoms with Gasteiger partial charge in [-0.15, -0.1) is 0 Å². The number of hydrogen-bond donors (Lipinski definition) is 1. The molecule has 0 saturated carbocycles. The topological polar surface area (TPSA) is 29.9 Å². The monoisotopic (exact) mass is 237 g/mol. The van der Waals surface area contributed by atoms with Gasteiger partial charge in [0, 0.05) is 19.3 Å². The first kappa shape index (κ1) is 11.6. The summed E-state index contributed by atoms with van der Waals surface area (Å²) in [6.45, 7) is 1.86. The van der Waals surface area contributed by atoms with Gasteiger partial charge >= 0.3 is 0 Å². The lowest BCUT2D eigenvalue weighted by Gasteiger charge is -2.13. The summed E-state index contributed by atoms with van der Waals surface area (Å²) in [5, 5.41) is 7.26. The molecule has 5 heteroatoms. The summed E-state index contributed by atoms with van der Waals surface area (Å²) in [4.78, 5) is 0. The molecule has 1 N–H and O–H groups in total. The SMILES string of the molecule is CC(Nc1ccn(C)n1)c1ccc(F)c(F)c1. The maximum Gasteiger partial charge on any atom is 0.159 e. The molecule has 1 atom stereocenters. The van der Waals surface area contributed by atoms with Crippen molar-refractivity contribution in [1.29, 1.82) is 0 Å². The minimum Gasteiger partial charge on any atom is -0.362 e. The van der Waals surface area contributed by atoms with Gasteiger partial charge in [-0.05, 0) is 24.6 Å². The fraction of sp³-hybridized carbons (Fsp3) is 0.250. The summed E-state index contributed by atoms with van der Waals surface area (Å²) in [5.41, 5.74) is 0.676. The summed E-state index contributed by atoms with van der Waals surface area (Å²) in [7, 11) is 1.81. The third-order valence-corrected chi connectivity index (χ3v) is 2.52. The van der Waals surface area contributed by atoms with E-state index < -0.39 is 11.6 Å². The molecule has 0 aliphatic carbocycles. The number of hydrogen-bond acceptors (Lipinski definition) is 2. The zero-order valence-electron chi connectivity index (χ0n) is 9.61. The predicted octanol–water partition coefficient (Wildman–Crippen LogP) is 2.87. The van der Waals surface area contributed by atoms with Crippen molar-refractivity contribution in [1.82, 2.24) is 9.78 Å². The highest BCUT2D eigenvalue weighted by atomic mass is 19.2. The molecule has 0 amide bonds. The molecule has 17 heavy (non-hydrogen) atoms. The van der Waals surface area contributed by atoms with Crippen molar-refractivity contribution in [3.63, 3.8) is 0 Å². The van der Waals surface area contributed by atoms with Crippen LogP contribution in [-0.2, 0) is 7.05 Å². The Balaban J connectivity index is 2.14. The molecule has 0 radical (unpaired) electrons. The zero-order valence-corrected chi connectivity index (χ0v) is 9.61. The number of aromatic nitrogens is 2. The van der Waals surface area contributed by atoms with E-state index in [2.05, 4.69) is 10.4 Å². The molecular weight excluding hydrogens is 224 g/mol. The maximum atomic E-state index is 13.1. The number of nitrogens with zero attached hydrogens (tertiary/aromatic N) is 2. The van der Waals surface area contributed by atoms with Crippen LogP contribution in [0.3, 0.4) is 0 Å². The van der Waals surface area contributed by atoms with E-state index in [9.17, 15) is 8.78 Å². The van der Waals surface area contributed by atoms with E-state index in [1.165, 1.54) is 6.07 Å². The highest BCUT2D eigenvalue weighted by Gasteiger charge is 2.09. The van der Waals surface area contributed by atoms with Crippen LogP contribution in [0.2, 0.25) is 0 Å². The van der Waals surface area contributed by atoms with Crippen molar-refractivity contribution in [3.05, 3.63) is 47.7 Å². The molecule has 0 bridgehead atoms. The molecule has 0 aliphatic rings. The van der Waals surface area contributed by atoms with Crippen LogP contribution >= 0.6 is 0 Å². The van der Waals surface area contributed by atoms with E-state index in [1.54, 1.807) is 16.9 Å². The summed E-state index contributed by atoms with van der Waals surface area (Å²) in [6, 6.07) is 5.55. The first-order valence-corrected chi connectivity index (χ1v) is 5.27. The standard InChI is InChI=1S/C12H13F2N3/c1-8(15-12-5-6-17(2)16-12)9-3-4-10(13)11(14)7-9/h3-8H,1-2H3,(H,15,16). The first-order chi connectivity index (χ1) is 8.06. The van der Waals surface area contributed by atoms with Crippen LogP contribution in [0.4, 0.5) is 14.6 Å². The van der Waals surface area contributed by atoms with Gasteiger partial charge in [0.25, 0.3) is 0 Å². The van der Waals surface area contributed by atoms with Crippen LogP contribution < -0.4 is 5.32 Å². The number of rotatable bonds is 3. The third kappa shape index (κ3) is 2.61. The lowest BCUT2D eigenvalue weighted by molar-refractivity contribution is 0.506. The maximum absolute atomic E-state index is 13.1. The van der Waals surface area contributed by atoms with Gasteiger partial charge in [0.15, 0.2) is 11.6 Å². The molecule has 1 aromatic heterocycles. The van der Waals surface area contributed by atoms with E-state index in [-0.39, 0.29) is 6.04 Å². The Hall–Kier alpha value is -1.91. The fourth-order valence-corrected chi connectivity index (χ4v) is 1.58. The Morgan fingerprint density at radius 1 is 1.24 bits per heavy atom. The van der Waals surface area contributed by atoms with E-state index in [0.29, 0.717) is 11.4 Å². The highest BCUT2D eigenvalue weighted by Crippen LogP contribution is 2.19. The predicted molar refractivity (Wildman–Crippen MR) is 61.6 cm³/mol. The second-order valence-corrected chi connectivity index (χ2v) is 3.91. The Morgan fingerprint density at radius 3 is 2.59 bits per heavy atom. The van der Waals surface area contributed by atoms with Gasteiger partial charge in [0.05, 0.1) is 6.04 Å². The molecule has 2 rings (SSSR count). The molecule has 0 fully saturated rings. The van der Waals surface area contributed by atoms with Crippen molar-refractivity contribution in [2.24, 2.45) is 7.05 Å². The zero-order chi connectivity index (χ0) is 12.4. The molecule has 1 heterocycles. The quantitative estimate of drug-likeness (QED) is 0.889. The minimum absolute atomic E-state index is 0.139. The summed E-state index contributed by atoms with van der Waals surface area (Å²) in [6.07, 6.45) is 1.81. The molecule has 90 valence electrons. The van der Waals surface area contributed by atoms with Crippen LogP contribution in [0.5, 0.6) is 0 Å². The van der Waals surface area contributed by atoms with Crippen LogP contribution in [-0.4, -0.2) is 9.78 Å². The van der Waals surface area contributed by atoms with E-state index >= 15 is 0 Å². The molecule has 2 aromatic rings. The van der Waals surface area contributed by atoms with Crippen molar-refractivity contribution >= 4 is 5.82 Å². The largest absolute Gasteiger partial charge is 0.362 e. The molecule has 0 saturated heterocycles. The molecule has 0 spiro atoms. The van der Waals surface area contributed by atoms with Gasteiger partial charge in [0.2, 0.25) is 0 Å².